The number of unbranched alkanes of at least 4 members (excludes halogenated alkanes) is 1. The number of aliphatic hydroxyl groups is 1. The van der Waals surface area contributed by atoms with Crippen LogP contribution < -0.4 is 0 Å². The summed E-state index contributed by atoms with van der Waals surface area (Å²) >= 11 is 0. The monoisotopic (exact) mass is 240 g/mol. The molecule has 0 aromatic carbocycles. The lowest BCUT2D eigenvalue weighted by Crippen LogP contribution is -2.56. The molecule has 0 saturated heterocycles. The fraction of sp³-hybridized carbons (Fsp3) is 1.00. The first-order valence-electron chi connectivity index (χ1n) is 7.47. The zero-order chi connectivity index (χ0) is 12.1. The van der Waals surface area contributed by atoms with Crippen LogP contribution >= 0.6 is 0 Å². The van der Waals surface area contributed by atoms with Gasteiger partial charge in [0, 0.05) is 0 Å². The van der Waals surface area contributed by atoms with Crippen molar-refractivity contribution in [3.8, 4) is 0 Å². The van der Waals surface area contributed by atoms with Gasteiger partial charge in [-0.05, 0) is 62.7 Å². The van der Waals surface area contributed by atoms with Crippen molar-refractivity contribution in [2.75, 3.05) is 0 Å². The normalized spacial score (nSPS) is 52.8. The second-order valence-corrected chi connectivity index (χ2v) is 6.92. The van der Waals surface area contributed by atoms with Gasteiger partial charge in [-0.2, -0.15) is 0 Å². The molecule has 0 aromatic rings. The minimum absolute atomic E-state index is 0.249. The molecule has 0 radical (unpaired) electrons. The summed E-state index contributed by atoms with van der Waals surface area (Å²) in [4.78, 5) is 0. The molecule has 4 fully saturated rings. The van der Waals surface area contributed by atoms with Crippen molar-refractivity contribution in [3.63, 3.8) is 0 Å². The highest BCUT2D eigenvalue weighted by Crippen LogP contribution is 2.59. The lowest BCUT2D eigenvalue weighted by Gasteiger charge is -2.53. The van der Waals surface area contributed by atoms with Gasteiger partial charge in [0.1, 0.15) is 5.67 Å². The molecule has 1 nitrogen and oxygen atoms in total. The van der Waals surface area contributed by atoms with Gasteiger partial charge < -0.3 is 5.11 Å². The summed E-state index contributed by atoms with van der Waals surface area (Å²) in [5, 5.41) is 11.0. The van der Waals surface area contributed by atoms with E-state index in [1.54, 1.807) is 0 Å². The molecule has 17 heavy (non-hydrogen) atoms. The first-order chi connectivity index (χ1) is 8.06. The zero-order valence-electron chi connectivity index (χ0n) is 10.9. The second kappa shape index (κ2) is 3.94. The van der Waals surface area contributed by atoms with E-state index in [4.69, 9.17) is 0 Å². The standard InChI is InChI=1S/C15H25FO/c1-2-3-5-15(17)12-7-11-4-6-14(16,9-12)10-13(15)8-11/h11-13,17H,2-10H2,1H3. The molecule has 98 valence electrons. The molecule has 2 heteroatoms. The van der Waals surface area contributed by atoms with Crippen molar-refractivity contribution in [2.45, 2.75) is 76.0 Å². The third-order valence-electron chi connectivity index (χ3n) is 5.81. The SMILES string of the molecule is CCCCC1(O)C2CC3CCC(F)(C2)CC1C3. The van der Waals surface area contributed by atoms with Crippen molar-refractivity contribution in [1.29, 1.82) is 0 Å². The Morgan fingerprint density at radius 1 is 1.24 bits per heavy atom. The number of alkyl halides is 1. The molecule has 4 bridgehead atoms. The van der Waals surface area contributed by atoms with Crippen molar-refractivity contribution in [2.24, 2.45) is 17.8 Å². The van der Waals surface area contributed by atoms with Crippen LogP contribution in [0, 0.1) is 17.8 Å². The highest BCUT2D eigenvalue weighted by atomic mass is 19.1. The van der Waals surface area contributed by atoms with E-state index in [0.29, 0.717) is 18.8 Å². The fourth-order valence-electron chi connectivity index (χ4n) is 4.90. The van der Waals surface area contributed by atoms with Crippen LogP contribution in [0.1, 0.15) is 64.7 Å². The van der Waals surface area contributed by atoms with Crippen LogP contribution in [0.25, 0.3) is 0 Å². The van der Waals surface area contributed by atoms with Crippen LogP contribution in [-0.2, 0) is 0 Å². The number of hydrogen-bond acceptors (Lipinski definition) is 1. The maximum atomic E-state index is 14.7. The van der Waals surface area contributed by atoms with E-state index < -0.39 is 11.3 Å². The number of fused-ring (bicyclic) bond motifs is 1. The van der Waals surface area contributed by atoms with Crippen molar-refractivity contribution in [1.82, 2.24) is 0 Å². The summed E-state index contributed by atoms with van der Waals surface area (Å²) in [7, 11) is 0. The average Bonchev–Trinajstić information content (AvgIpc) is 2.50. The van der Waals surface area contributed by atoms with Crippen LogP contribution in [0.2, 0.25) is 0 Å². The predicted octanol–water partition coefficient (Wildman–Crippen LogP) is 3.85. The molecule has 4 saturated carbocycles. The summed E-state index contributed by atoms with van der Waals surface area (Å²) in [5.41, 5.74) is -1.45. The third kappa shape index (κ3) is 1.83. The molecule has 4 aliphatic carbocycles. The van der Waals surface area contributed by atoms with E-state index in [9.17, 15) is 9.50 Å². The Bertz CT molecular complexity index is 285. The van der Waals surface area contributed by atoms with E-state index in [1.165, 1.54) is 0 Å². The van der Waals surface area contributed by atoms with Gasteiger partial charge in [-0.1, -0.05) is 19.8 Å². The minimum Gasteiger partial charge on any atom is -0.389 e. The Kier molecular flexibility index (Phi) is 2.77. The Hall–Kier alpha value is -0.110. The Morgan fingerprint density at radius 2 is 1.88 bits per heavy atom. The summed E-state index contributed by atoms with van der Waals surface area (Å²) in [6, 6.07) is 0. The minimum atomic E-state index is -0.932. The van der Waals surface area contributed by atoms with Crippen molar-refractivity contribution in [3.05, 3.63) is 0 Å². The topological polar surface area (TPSA) is 20.2 Å². The van der Waals surface area contributed by atoms with Gasteiger partial charge in [0.05, 0.1) is 5.60 Å². The molecule has 0 heterocycles. The number of hydrogen-bond donors (Lipinski definition) is 1. The van der Waals surface area contributed by atoms with E-state index in [-0.39, 0.29) is 11.8 Å². The predicted molar refractivity (Wildman–Crippen MR) is 66.5 cm³/mol. The Labute approximate surface area is 104 Å². The summed E-state index contributed by atoms with van der Waals surface area (Å²) in [6.45, 7) is 2.17. The molecular weight excluding hydrogens is 215 g/mol. The van der Waals surface area contributed by atoms with E-state index in [2.05, 4.69) is 6.92 Å². The summed E-state index contributed by atoms with van der Waals surface area (Å²) in [6.07, 6.45) is 8.40. The summed E-state index contributed by atoms with van der Waals surface area (Å²) < 4.78 is 14.7. The lowest BCUT2D eigenvalue weighted by molar-refractivity contribution is -0.161. The zero-order valence-corrected chi connectivity index (χ0v) is 10.9. The Morgan fingerprint density at radius 3 is 2.47 bits per heavy atom. The molecule has 2 atom stereocenters. The molecular formula is C15H25FO. The van der Waals surface area contributed by atoms with Gasteiger partial charge in [-0.15, -0.1) is 0 Å². The number of halogens is 1. The maximum absolute atomic E-state index is 14.7. The maximum Gasteiger partial charge on any atom is 0.111 e. The highest BCUT2D eigenvalue weighted by molar-refractivity contribution is 5.09. The van der Waals surface area contributed by atoms with Gasteiger partial charge in [-0.25, -0.2) is 4.39 Å². The molecule has 0 aliphatic heterocycles. The highest BCUT2D eigenvalue weighted by Gasteiger charge is 2.59. The van der Waals surface area contributed by atoms with Crippen LogP contribution in [0.4, 0.5) is 4.39 Å². The molecule has 4 aliphatic rings. The first kappa shape index (κ1) is 12.0. The van der Waals surface area contributed by atoms with Gasteiger partial charge >= 0.3 is 0 Å². The quantitative estimate of drug-likeness (QED) is 0.794. The van der Waals surface area contributed by atoms with Crippen LogP contribution in [0.5, 0.6) is 0 Å². The van der Waals surface area contributed by atoms with Crippen molar-refractivity contribution >= 4 is 0 Å². The van der Waals surface area contributed by atoms with Gasteiger partial charge in [0.2, 0.25) is 0 Å². The number of rotatable bonds is 3. The van der Waals surface area contributed by atoms with E-state index in [0.717, 1.165) is 44.9 Å². The average molecular weight is 240 g/mol. The van der Waals surface area contributed by atoms with E-state index in [1.807, 2.05) is 0 Å². The molecule has 1 N–H and O–H groups in total. The van der Waals surface area contributed by atoms with Crippen molar-refractivity contribution < 1.29 is 9.50 Å². The Balaban J connectivity index is 1.86. The van der Waals surface area contributed by atoms with Gasteiger partial charge in [0.25, 0.3) is 0 Å². The second-order valence-electron chi connectivity index (χ2n) is 6.92. The molecule has 0 amide bonds. The lowest BCUT2D eigenvalue weighted by atomic mass is 9.56. The smallest absolute Gasteiger partial charge is 0.111 e. The van der Waals surface area contributed by atoms with Gasteiger partial charge in [0.15, 0.2) is 0 Å². The van der Waals surface area contributed by atoms with E-state index >= 15 is 0 Å². The fourth-order valence-corrected chi connectivity index (χ4v) is 4.90. The third-order valence-corrected chi connectivity index (χ3v) is 5.81. The molecule has 2 unspecified atom stereocenters. The first-order valence-corrected chi connectivity index (χ1v) is 7.47. The summed E-state index contributed by atoms with van der Waals surface area (Å²) in [5.74, 6) is 1.20. The van der Waals surface area contributed by atoms with Crippen LogP contribution in [0.3, 0.4) is 0 Å². The van der Waals surface area contributed by atoms with Crippen LogP contribution in [0.15, 0.2) is 0 Å². The molecule has 0 aromatic heterocycles. The molecule has 4 rings (SSSR count). The van der Waals surface area contributed by atoms with Crippen LogP contribution in [-0.4, -0.2) is 16.4 Å². The van der Waals surface area contributed by atoms with Gasteiger partial charge in [-0.3, -0.25) is 0 Å². The molecule has 0 spiro atoms. The largest absolute Gasteiger partial charge is 0.389 e.